The summed E-state index contributed by atoms with van der Waals surface area (Å²) in [5.74, 6) is 1.85. The van der Waals surface area contributed by atoms with Crippen LogP contribution in [-0.2, 0) is 0 Å². The molecule has 2 saturated carbocycles. The van der Waals surface area contributed by atoms with Crippen molar-refractivity contribution in [3.05, 3.63) is 0 Å². The summed E-state index contributed by atoms with van der Waals surface area (Å²) in [6, 6.07) is 0.558. The Morgan fingerprint density at radius 3 is 2.47 bits per heavy atom. The van der Waals surface area contributed by atoms with Crippen molar-refractivity contribution >= 4 is 0 Å². The van der Waals surface area contributed by atoms with Crippen LogP contribution in [0.15, 0.2) is 0 Å². The second-order valence-electron chi connectivity index (χ2n) is 7.31. The van der Waals surface area contributed by atoms with Crippen molar-refractivity contribution in [2.45, 2.75) is 65.0 Å². The summed E-state index contributed by atoms with van der Waals surface area (Å²) in [4.78, 5) is 2.53. The van der Waals surface area contributed by atoms with E-state index in [9.17, 15) is 5.11 Å². The van der Waals surface area contributed by atoms with Gasteiger partial charge in [-0.3, -0.25) is 0 Å². The standard InChI is InChI=1S/C15H29NO/c1-11-7-12(8-11)10-16(4)14-9-13(17)5-6-15(14,2)3/h11-14,17H,5-10H2,1-4H3. The van der Waals surface area contributed by atoms with Crippen molar-refractivity contribution in [3.8, 4) is 0 Å². The van der Waals surface area contributed by atoms with Crippen LogP contribution in [-0.4, -0.2) is 35.7 Å². The Balaban J connectivity index is 1.89. The minimum absolute atomic E-state index is 0.0733. The fourth-order valence-corrected chi connectivity index (χ4v) is 3.93. The van der Waals surface area contributed by atoms with Crippen molar-refractivity contribution in [3.63, 3.8) is 0 Å². The third-order valence-corrected chi connectivity index (χ3v) is 5.07. The maximum Gasteiger partial charge on any atom is 0.0555 e. The quantitative estimate of drug-likeness (QED) is 0.818. The summed E-state index contributed by atoms with van der Waals surface area (Å²) in [6.45, 7) is 8.31. The summed E-state index contributed by atoms with van der Waals surface area (Å²) >= 11 is 0. The largest absolute Gasteiger partial charge is 0.393 e. The van der Waals surface area contributed by atoms with Gasteiger partial charge in [-0.15, -0.1) is 0 Å². The SMILES string of the molecule is CC1CC(CN(C)C2CC(O)CCC2(C)C)C1. The van der Waals surface area contributed by atoms with Gasteiger partial charge in [0.05, 0.1) is 6.10 Å². The van der Waals surface area contributed by atoms with Crippen molar-refractivity contribution in [1.82, 2.24) is 4.90 Å². The molecule has 0 heterocycles. The summed E-state index contributed by atoms with van der Waals surface area (Å²) < 4.78 is 0. The lowest BCUT2D eigenvalue weighted by Gasteiger charge is -2.47. The number of rotatable bonds is 3. The van der Waals surface area contributed by atoms with Gasteiger partial charge in [0.2, 0.25) is 0 Å². The molecule has 2 atom stereocenters. The molecule has 0 aromatic carbocycles. The van der Waals surface area contributed by atoms with E-state index in [4.69, 9.17) is 0 Å². The van der Waals surface area contributed by atoms with E-state index in [1.54, 1.807) is 0 Å². The molecule has 0 bridgehead atoms. The van der Waals surface area contributed by atoms with E-state index in [0.29, 0.717) is 11.5 Å². The van der Waals surface area contributed by atoms with Gasteiger partial charge in [0.15, 0.2) is 0 Å². The van der Waals surface area contributed by atoms with Gasteiger partial charge in [-0.05, 0) is 56.4 Å². The highest BCUT2D eigenvalue weighted by atomic mass is 16.3. The first-order chi connectivity index (χ1) is 7.88. The molecule has 2 nitrogen and oxygen atoms in total. The van der Waals surface area contributed by atoms with Crippen LogP contribution in [0, 0.1) is 17.3 Å². The molecule has 2 heteroatoms. The normalized spacial score (nSPS) is 41.3. The van der Waals surface area contributed by atoms with Gasteiger partial charge in [0.25, 0.3) is 0 Å². The molecule has 2 unspecified atom stereocenters. The molecule has 0 saturated heterocycles. The van der Waals surface area contributed by atoms with Crippen molar-refractivity contribution in [2.75, 3.05) is 13.6 Å². The number of hydrogen-bond acceptors (Lipinski definition) is 2. The fraction of sp³-hybridized carbons (Fsp3) is 1.00. The Morgan fingerprint density at radius 2 is 1.88 bits per heavy atom. The van der Waals surface area contributed by atoms with Gasteiger partial charge in [-0.2, -0.15) is 0 Å². The second-order valence-corrected chi connectivity index (χ2v) is 7.31. The Bertz CT molecular complexity index is 258. The topological polar surface area (TPSA) is 23.5 Å². The van der Waals surface area contributed by atoms with Crippen LogP contribution in [0.5, 0.6) is 0 Å². The zero-order valence-corrected chi connectivity index (χ0v) is 11.9. The third-order valence-electron chi connectivity index (χ3n) is 5.07. The average Bonchev–Trinajstić information content (AvgIpc) is 2.19. The van der Waals surface area contributed by atoms with Gasteiger partial charge >= 0.3 is 0 Å². The van der Waals surface area contributed by atoms with E-state index in [2.05, 4.69) is 32.7 Å². The first-order valence-electron chi connectivity index (χ1n) is 7.27. The van der Waals surface area contributed by atoms with Crippen LogP contribution in [0.3, 0.4) is 0 Å². The maximum atomic E-state index is 9.88. The first-order valence-corrected chi connectivity index (χ1v) is 7.27. The third kappa shape index (κ3) is 3.03. The zero-order chi connectivity index (χ0) is 12.6. The smallest absolute Gasteiger partial charge is 0.0555 e. The Morgan fingerprint density at radius 1 is 1.24 bits per heavy atom. The van der Waals surface area contributed by atoms with Crippen LogP contribution >= 0.6 is 0 Å². The monoisotopic (exact) mass is 239 g/mol. The average molecular weight is 239 g/mol. The highest BCUT2D eigenvalue weighted by Gasteiger charge is 2.39. The summed E-state index contributed by atoms with van der Waals surface area (Å²) in [5, 5.41) is 9.88. The van der Waals surface area contributed by atoms with Crippen molar-refractivity contribution in [2.24, 2.45) is 17.3 Å². The Kier molecular flexibility index (Phi) is 3.84. The van der Waals surface area contributed by atoms with Crippen molar-refractivity contribution < 1.29 is 5.11 Å². The minimum Gasteiger partial charge on any atom is -0.393 e. The van der Waals surface area contributed by atoms with Crippen LogP contribution in [0.4, 0.5) is 0 Å². The molecule has 0 amide bonds. The first kappa shape index (κ1) is 13.4. The lowest BCUT2D eigenvalue weighted by atomic mass is 9.70. The van der Waals surface area contributed by atoms with E-state index < -0.39 is 0 Å². The van der Waals surface area contributed by atoms with E-state index in [-0.39, 0.29) is 6.10 Å². The van der Waals surface area contributed by atoms with E-state index >= 15 is 0 Å². The van der Waals surface area contributed by atoms with Gasteiger partial charge in [0, 0.05) is 12.6 Å². The van der Waals surface area contributed by atoms with E-state index in [1.807, 2.05) is 0 Å². The molecule has 100 valence electrons. The summed E-state index contributed by atoms with van der Waals surface area (Å²) in [5.41, 5.74) is 0.364. The van der Waals surface area contributed by atoms with Gasteiger partial charge < -0.3 is 10.0 Å². The predicted octanol–water partition coefficient (Wildman–Crippen LogP) is 2.90. The zero-order valence-electron chi connectivity index (χ0n) is 11.9. The molecular weight excluding hydrogens is 210 g/mol. The van der Waals surface area contributed by atoms with Gasteiger partial charge in [-0.1, -0.05) is 20.8 Å². The number of aliphatic hydroxyl groups excluding tert-OH is 1. The molecule has 1 N–H and O–H groups in total. The summed E-state index contributed by atoms with van der Waals surface area (Å²) in [7, 11) is 2.26. The lowest BCUT2D eigenvalue weighted by molar-refractivity contribution is -0.0141. The van der Waals surface area contributed by atoms with E-state index in [1.165, 1.54) is 19.4 Å². The minimum atomic E-state index is -0.0733. The van der Waals surface area contributed by atoms with E-state index in [0.717, 1.165) is 31.1 Å². The molecule has 0 radical (unpaired) electrons. The highest BCUT2D eigenvalue weighted by molar-refractivity contribution is 4.93. The molecule has 2 aliphatic rings. The molecule has 0 aliphatic heterocycles. The highest BCUT2D eigenvalue weighted by Crippen LogP contribution is 2.40. The molecule has 2 aliphatic carbocycles. The van der Waals surface area contributed by atoms with Crippen LogP contribution in [0.2, 0.25) is 0 Å². The van der Waals surface area contributed by atoms with Crippen molar-refractivity contribution in [1.29, 1.82) is 0 Å². The maximum absolute atomic E-state index is 9.88. The molecule has 0 aromatic rings. The molecule has 0 aromatic heterocycles. The lowest BCUT2D eigenvalue weighted by Crippen LogP contribution is -2.50. The molecule has 0 spiro atoms. The predicted molar refractivity (Wildman–Crippen MR) is 71.9 cm³/mol. The Hall–Kier alpha value is -0.0800. The van der Waals surface area contributed by atoms with Gasteiger partial charge in [-0.25, -0.2) is 0 Å². The number of hydrogen-bond donors (Lipinski definition) is 1. The summed E-state index contributed by atoms with van der Waals surface area (Å²) in [6.07, 6.45) is 5.84. The number of aliphatic hydroxyl groups is 1. The van der Waals surface area contributed by atoms with Crippen LogP contribution in [0.25, 0.3) is 0 Å². The number of nitrogens with zero attached hydrogens (tertiary/aromatic N) is 1. The fourth-order valence-electron chi connectivity index (χ4n) is 3.93. The van der Waals surface area contributed by atoms with Gasteiger partial charge in [0.1, 0.15) is 0 Å². The Labute approximate surface area is 106 Å². The second kappa shape index (κ2) is 4.89. The molecular formula is C15H29NO. The molecule has 17 heavy (non-hydrogen) atoms. The molecule has 2 rings (SSSR count). The molecule has 2 fully saturated rings. The van der Waals surface area contributed by atoms with Crippen LogP contribution in [0.1, 0.15) is 52.9 Å². The van der Waals surface area contributed by atoms with Crippen LogP contribution < -0.4 is 0 Å².